The number of hydrogen-bond donors (Lipinski definition) is 0. The van der Waals surface area contributed by atoms with E-state index >= 15 is 0 Å². The molecule has 652 valence electrons. The zero-order valence-electron chi connectivity index (χ0n) is 74.6. The van der Waals surface area contributed by atoms with Crippen molar-refractivity contribution in [2.24, 2.45) is 0 Å². The summed E-state index contributed by atoms with van der Waals surface area (Å²) in [6.45, 7) is 0. The van der Waals surface area contributed by atoms with Crippen molar-refractivity contribution in [3.63, 3.8) is 0 Å². The van der Waals surface area contributed by atoms with E-state index in [1.54, 1.807) is 34.0 Å². The fourth-order valence-electron chi connectivity index (χ4n) is 17.9. The van der Waals surface area contributed by atoms with Gasteiger partial charge in [-0.2, -0.15) is 0 Å². The molecule has 0 aliphatic heterocycles. The molecule has 0 amide bonds. The van der Waals surface area contributed by atoms with Crippen LogP contribution < -0.4 is 0 Å². The second-order valence-corrected chi connectivity index (χ2v) is 36.8. The molecule has 26 rings (SSSR count). The monoisotopic (exact) mass is 1830 g/mol. The van der Waals surface area contributed by atoms with E-state index in [1.807, 2.05) is 115 Å². The van der Waals surface area contributed by atoms with Gasteiger partial charge < -0.3 is 0 Å². The van der Waals surface area contributed by atoms with Crippen LogP contribution in [-0.2, 0) is 0 Å². The van der Waals surface area contributed by atoms with Crippen molar-refractivity contribution in [2.75, 3.05) is 0 Å². The van der Waals surface area contributed by atoms with Gasteiger partial charge in [0.25, 0.3) is 0 Å². The highest BCUT2D eigenvalue weighted by atomic mass is 32.1. The Bertz CT molecular complexity index is 9010. The van der Waals surface area contributed by atoms with Gasteiger partial charge in [0.1, 0.15) is 0 Å². The van der Waals surface area contributed by atoms with Crippen molar-refractivity contribution in [3.05, 3.63) is 473 Å². The van der Waals surface area contributed by atoms with Gasteiger partial charge in [-0.3, -0.25) is 0 Å². The number of thiophene rings is 3. The van der Waals surface area contributed by atoms with Crippen LogP contribution in [0.4, 0.5) is 0 Å². The van der Waals surface area contributed by atoms with Crippen LogP contribution in [0.15, 0.2) is 473 Å². The third-order valence-electron chi connectivity index (χ3n) is 24.8. The maximum absolute atomic E-state index is 5.15. The fourth-order valence-corrected chi connectivity index (χ4v) is 21.4. The van der Waals surface area contributed by atoms with Gasteiger partial charge in [0, 0.05) is 120 Å². The SMILES string of the molecule is c1ccc(-c2cc(-c3cccc4ccccc34)nc(-c3ccc(-c4nc(-c5ccccc5)c5sc6ccccc6c5n4)cc3)n2)cc1.c1ccc(-c2cccc(-c3cc(-c4ccccc4)nc(-c4ccc(-c5nc(-c6ccccc6)c6sc7ccccc7c6n5)cc4)n3)c2)cc1.c1ccc(-c2ncc(-c3ccc(-c4nc(-c5ccccc5)c5sc6ccccc6c5n4)cc3)c(-c3ccccc3)n2)cc1. The third-order valence-corrected chi connectivity index (χ3v) is 28.3. The summed E-state index contributed by atoms with van der Waals surface area (Å²) in [5.74, 6) is 4.14. The van der Waals surface area contributed by atoms with Crippen LogP contribution >= 0.6 is 34.0 Å². The molecule has 12 nitrogen and oxygen atoms in total. The summed E-state index contributed by atoms with van der Waals surface area (Å²) in [7, 11) is 0. The average molecular weight is 1830 g/mol. The maximum atomic E-state index is 5.15. The first kappa shape index (κ1) is 84.2. The van der Waals surface area contributed by atoms with Crippen LogP contribution in [0, 0.1) is 0 Å². The molecule has 15 heteroatoms. The maximum Gasteiger partial charge on any atom is 0.160 e. The van der Waals surface area contributed by atoms with E-state index in [4.69, 9.17) is 59.8 Å². The van der Waals surface area contributed by atoms with Crippen molar-refractivity contribution in [3.8, 4) is 181 Å². The van der Waals surface area contributed by atoms with E-state index in [9.17, 15) is 0 Å². The number of aromatic nitrogens is 12. The lowest BCUT2D eigenvalue weighted by Crippen LogP contribution is -1.97. The van der Waals surface area contributed by atoms with Crippen molar-refractivity contribution in [1.82, 2.24) is 59.8 Å². The minimum absolute atomic E-state index is 0.665. The molecule has 0 radical (unpaired) electrons. The first-order chi connectivity index (χ1) is 68.9. The summed E-state index contributed by atoms with van der Waals surface area (Å²) in [5.41, 5.74) is 28.8. The number of rotatable bonds is 16. The standard InChI is InChI=1S/C44H28N4S.C42H26N4S.C38H24N4S/c1-4-13-29(14-5-1)34-19-12-20-35(27-34)38-28-37(30-15-6-2-7-16-30)45-43(46-38)32-23-25-33(26-24-32)44-47-40(31-17-8-3-9-18-31)42-41(48-44)36-21-10-11-22-39(36)49-42;1-3-13-28(14-4-1)35-26-36(33-20-11-17-27-12-7-8-18-32(27)33)44-41(43-35)30-22-24-31(25-23-30)42-45-38(29-15-5-2-6-16-29)40-39(46-42)34-19-9-10-21-37(34)47-40;1-4-12-26(13-5-1)33-31(24-39-37(40-33)28-16-8-3-9-17-28)25-20-22-29(23-21-25)38-41-34(27-14-6-2-7-15-27)36-35(42-38)30-18-10-11-19-32(30)43-36/h1-28H;1-26H;1-24H. The third kappa shape index (κ3) is 17.1. The lowest BCUT2D eigenvalue weighted by Gasteiger charge is -2.12. The van der Waals surface area contributed by atoms with E-state index in [0.717, 1.165) is 192 Å². The van der Waals surface area contributed by atoms with Crippen LogP contribution in [-0.4, -0.2) is 59.8 Å². The summed E-state index contributed by atoms with van der Waals surface area (Å²) in [6.07, 6.45) is 1.93. The van der Waals surface area contributed by atoms with Crippen molar-refractivity contribution in [1.29, 1.82) is 0 Å². The second-order valence-electron chi connectivity index (χ2n) is 33.7. The lowest BCUT2D eigenvalue weighted by atomic mass is 9.99. The summed E-state index contributed by atoms with van der Waals surface area (Å²) in [4.78, 5) is 61.0. The molecule has 26 aromatic rings. The first-order valence-electron chi connectivity index (χ1n) is 45.9. The fraction of sp³-hybridized carbons (Fsp3) is 0. The van der Waals surface area contributed by atoms with Gasteiger partial charge in [0.05, 0.1) is 76.2 Å². The van der Waals surface area contributed by atoms with Gasteiger partial charge >= 0.3 is 0 Å². The van der Waals surface area contributed by atoms with E-state index in [2.05, 4.69) is 358 Å². The van der Waals surface area contributed by atoms with Gasteiger partial charge in [0.2, 0.25) is 0 Å². The van der Waals surface area contributed by atoms with Gasteiger partial charge in [-0.05, 0) is 63.9 Å². The van der Waals surface area contributed by atoms with E-state index in [-0.39, 0.29) is 0 Å². The number of hydrogen-bond acceptors (Lipinski definition) is 15. The summed E-state index contributed by atoms with van der Waals surface area (Å²) in [5, 5.41) is 5.80. The Morgan fingerprint density at radius 3 is 0.835 bits per heavy atom. The predicted octanol–water partition coefficient (Wildman–Crippen LogP) is 32.7. The van der Waals surface area contributed by atoms with E-state index < -0.39 is 0 Å². The van der Waals surface area contributed by atoms with Crippen LogP contribution in [0.2, 0.25) is 0 Å². The molecule has 17 aromatic carbocycles. The predicted molar refractivity (Wildman–Crippen MR) is 576 cm³/mol. The zero-order chi connectivity index (χ0) is 92.3. The molecule has 0 fully saturated rings. The molecule has 139 heavy (non-hydrogen) atoms. The topological polar surface area (TPSA) is 155 Å². The Labute approximate surface area is 813 Å². The number of fused-ring (bicyclic) bond motifs is 10. The molecule has 9 aromatic heterocycles. The van der Waals surface area contributed by atoms with Crippen molar-refractivity contribution < 1.29 is 0 Å². The number of benzene rings is 17. The molecule has 0 bridgehead atoms. The van der Waals surface area contributed by atoms with E-state index in [0.29, 0.717) is 34.9 Å². The lowest BCUT2D eigenvalue weighted by molar-refractivity contribution is 1.18. The van der Waals surface area contributed by atoms with Crippen LogP contribution in [0.5, 0.6) is 0 Å². The highest BCUT2D eigenvalue weighted by Crippen LogP contribution is 2.46. The summed E-state index contributed by atoms with van der Waals surface area (Å²) < 4.78 is 6.93. The molecular formula is C124H78N12S3. The molecule has 0 saturated carbocycles. The summed E-state index contributed by atoms with van der Waals surface area (Å²) >= 11 is 5.24. The summed E-state index contributed by atoms with van der Waals surface area (Å²) in [6, 6.07) is 160. The normalized spacial score (nSPS) is 11.3. The van der Waals surface area contributed by atoms with Crippen LogP contribution in [0.3, 0.4) is 0 Å². The van der Waals surface area contributed by atoms with Crippen molar-refractivity contribution >= 4 is 106 Å². The Morgan fingerprint density at radius 1 is 0.151 bits per heavy atom. The Kier molecular flexibility index (Phi) is 22.7. The van der Waals surface area contributed by atoms with Gasteiger partial charge in [-0.1, -0.05) is 431 Å². The van der Waals surface area contributed by atoms with Crippen molar-refractivity contribution in [2.45, 2.75) is 0 Å². The zero-order valence-corrected chi connectivity index (χ0v) is 77.1. The Hall–Kier alpha value is -17.9. The van der Waals surface area contributed by atoms with Gasteiger partial charge in [-0.25, -0.2) is 59.8 Å². The molecule has 0 saturated heterocycles. The Morgan fingerprint density at radius 2 is 0.424 bits per heavy atom. The average Bonchev–Trinajstić information content (AvgIpc) is 1.62. The molecule has 0 N–H and O–H groups in total. The molecule has 0 atom stereocenters. The quantitative estimate of drug-likeness (QED) is 0.0904. The highest BCUT2D eigenvalue weighted by molar-refractivity contribution is 7.27. The Balaban J connectivity index is 0.000000114. The van der Waals surface area contributed by atoms with Gasteiger partial charge in [0.15, 0.2) is 34.9 Å². The van der Waals surface area contributed by atoms with Crippen LogP contribution in [0.1, 0.15) is 0 Å². The smallest absolute Gasteiger partial charge is 0.160 e. The van der Waals surface area contributed by atoms with E-state index in [1.165, 1.54) is 25.0 Å². The molecule has 9 heterocycles. The largest absolute Gasteiger partial charge is 0.236 e. The molecule has 0 aliphatic rings. The minimum Gasteiger partial charge on any atom is -0.236 e. The number of nitrogens with zero attached hydrogens (tertiary/aromatic N) is 12. The molecule has 0 aliphatic carbocycles. The first-order valence-corrected chi connectivity index (χ1v) is 48.4. The molecule has 0 spiro atoms. The molecular weight excluding hydrogens is 1750 g/mol. The second kappa shape index (κ2) is 37.5. The highest BCUT2D eigenvalue weighted by Gasteiger charge is 2.24. The van der Waals surface area contributed by atoms with Gasteiger partial charge in [-0.15, -0.1) is 34.0 Å². The minimum atomic E-state index is 0.665. The molecule has 0 unspecified atom stereocenters. The van der Waals surface area contributed by atoms with Crippen LogP contribution in [0.25, 0.3) is 252 Å².